The predicted octanol–water partition coefficient (Wildman–Crippen LogP) is 4.90. The number of likely N-dealkylation sites (tertiary alicyclic amines) is 1. The smallest absolute Gasteiger partial charge is 0.149 e. The largest absolute Gasteiger partial charge is 0.475 e. The van der Waals surface area contributed by atoms with Crippen molar-refractivity contribution in [3.8, 4) is 5.75 Å². The SMILES string of the molecule is CC(Oc1ccc2c(ccn2Cc2ccccc2)c1)N1CCCCC1. The Hall–Kier alpha value is -2.26. The van der Waals surface area contributed by atoms with E-state index in [2.05, 4.69) is 77.2 Å². The van der Waals surface area contributed by atoms with Gasteiger partial charge >= 0.3 is 0 Å². The van der Waals surface area contributed by atoms with Gasteiger partial charge < -0.3 is 9.30 Å². The first-order valence-corrected chi connectivity index (χ1v) is 9.33. The van der Waals surface area contributed by atoms with Gasteiger partial charge in [0, 0.05) is 36.7 Å². The lowest BCUT2D eigenvalue weighted by Gasteiger charge is -2.32. The highest BCUT2D eigenvalue weighted by atomic mass is 16.5. The van der Waals surface area contributed by atoms with Crippen LogP contribution in [0.5, 0.6) is 5.75 Å². The second-order valence-corrected chi connectivity index (χ2v) is 6.96. The third-order valence-electron chi connectivity index (χ3n) is 5.15. The van der Waals surface area contributed by atoms with E-state index in [9.17, 15) is 0 Å². The zero-order chi connectivity index (χ0) is 17.1. The molecule has 1 aliphatic rings. The van der Waals surface area contributed by atoms with Crippen LogP contribution in [0.25, 0.3) is 10.9 Å². The van der Waals surface area contributed by atoms with E-state index in [0.717, 1.165) is 25.4 Å². The Balaban J connectivity index is 1.49. The van der Waals surface area contributed by atoms with Crippen molar-refractivity contribution in [2.75, 3.05) is 13.1 Å². The summed E-state index contributed by atoms with van der Waals surface area (Å²) in [4.78, 5) is 2.44. The van der Waals surface area contributed by atoms with Crippen molar-refractivity contribution in [1.29, 1.82) is 0 Å². The Labute approximate surface area is 149 Å². The molecule has 4 rings (SSSR count). The molecule has 0 radical (unpaired) electrons. The molecule has 1 fully saturated rings. The average Bonchev–Trinajstić information content (AvgIpc) is 3.05. The minimum Gasteiger partial charge on any atom is -0.475 e. The highest BCUT2D eigenvalue weighted by Gasteiger charge is 2.18. The van der Waals surface area contributed by atoms with Gasteiger partial charge in [-0.05, 0) is 49.6 Å². The molecule has 25 heavy (non-hydrogen) atoms. The molecule has 130 valence electrons. The summed E-state index contributed by atoms with van der Waals surface area (Å²) in [6, 6.07) is 19.2. The summed E-state index contributed by atoms with van der Waals surface area (Å²) in [5.41, 5.74) is 2.57. The molecule has 1 atom stereocenters. The van der Waals surface area contributed by atoms with Gasteiger partial charge in [-0.3, -0.25) is 4.90 Å². The molecule has 0 aliphatic carbocycles. The van der Waals surface area contributed by atoms with Crippen LogP contribution in [0.2, 0.25) is 0 Å². The summed E-state index contributed by atoms with van der Waals surface area (Å²) in [5, 5.41) is 1.24. The number of ether oxygens (including phenoxy) is 1. The normalized spacial score (nSPS) is 16.8. The second kappa shape index (κ2) is 7.32. The van der Waals surface area contributed by atoms with E-state index in [-0.39, 0.29) is 6.23 Å². The molecule has 0 saturated carbocycles. The van der Waals surface area contributed by atoms with Gasteiger partial charge in [0.1, 0.15) is 12.0 Å². The zero-order valence-corrected chi connectivity index (χ0v) is 14.9. The summed E-state index contributed by atoms with van der Waals surface area (Å²) in [5.74, 6) is 0.961. The fourth-order valence-corrected chi connectivity index (χ4v) is 3.72. The van der Waals surface area contributed by atoms with Crippen molar-refractivity contribution in [1.82, 2.24) is 9.47 Å². The topological polar surface area (TPSA) is 17.4 Å². The summed E-state index contributed by atoms with van der Waals surface area (Å²) < 4.78 is 8.50. The molecular weight excluding hydrogens is 308 g/mol. The fraction of sp³-hybridized carbons (Fsp3) is 0.364. The van der Waals surface area contributed by atoms with Crippen LogP contribution in [0.1, 0.15) is 31.7 Å². The van der Waals surface area contributed by atoms with E-state index in [1.54, 1.807) is 0 Å². The van der Waals surface area contributed by atoms with Gasteiger partial charge in [0.15, 0.2) is 0 Å². The fourth-order valence-electron chi connectivity index (χ4n) is 3.72. The minimum absolute atomic E-state index is 0.143. The minimum atomic E-state index is 0.143. The van der Waals surface area contributed by atoms with E-state index >= 15 is 0 Å². The quantitative estimate of drug-likeness (QED) is 0.660. The number of nitrogens with zero attached hydrogens (tertiary/aromatic N) is 2. The molecule has 1 aliphatic heterocycles. The first-order valence-electron chi connectivity index (χ1n) is 9.33. The van der Waals surface area contributed by atoms with Gasteiger partial charge in [-0.2, -0.15) is 0 Å². The van der Waals surface area contributed by atoms with Gasteiger partial charge in [0.2, 0.25) is 0 Å². The monoisotopic (exact) mass is 334 g/mol. The Morgan fingerprint density at radius 1 is 0.960 bits per heavy atom. The van der Waals surface area contributed by atoms with E-state index in [1.165, 1.54) is 35.7 Å². The first-order chi connectivity index (χ1) is 12.3. The lowest BCUT2D eigenvalue weighted by atomic mass is 10.1. The summed E-state index contributed by atoms with van der Waals surface area (Å²) >= 11 is 0. The molecule has 2 aromatic carbocycles. The third kappa shape index (κ3) is 3.72. The highest BCUT2D eigenvalue weighted by Crippen LogP contribution is 2.24. The van der Waals surface area contributed by atoms with Crippen LogP contribution < -0.4 is 4.74 Å². The number of piperidine rings is 1. The highest BCUT2D eigenvalue weighted by molar-refractivity contribution is 5.81. The van der Waals surface area contributed by atoms with E-state index < -0.39 is 0 Å². The lowest BCUT2D eigenvalue weighted by Crippen LogP contribution is -2.40. The lowest BCUT2D eigenvalue weighted by molar-refractivity contribution is 0.0263. The molecule has 1 unspecified atom stereocenters. The van der Waals surface area contributed by atoms with Crippen molar-refractivity contribution in [2.24, 2.45) is 0 Å². The molecule has 0 bridgehead atoms. The number of aromatic nitrogens is 1. The molecular formula is C22H26N2O. The van der Waals surface area contributed by atoms with Crippen molar-refractivity contribution in [3.05, 3.63) is 66.4 Å². The van der Waals surface area contributed by atoms with Gasteiger partial charge in [-0.25, -0.2) is 0 Å². The maximum absolute atomic E-state index is 6.21. The number of fused-ring (bicyclic) bond motifs is 1. The van der Waals surface area contributed by atoms with Crippen LogP contribution in [0.3, 0.4) is 0 Å². The zero-order valence-electron chi connectivity index (χ0n) is 14.9. The number of benzene rings is 2. The molecule has 3 aromatic rings. The standard InChI is InChI=1S/C22H26N2O/c1-18(23-13-6-3-7-14-23)25-21-10-11-22-20(16-21)12-15-24(22)17-19-8-4-2-5-9-19/h2,4-5,8-12,15-16,18H,3,6-7,13-14,17H2,1H3. The molecule has 0 amide bonds. The first kappa shape index (κ1) is 16.2. The number of rotatable bonds is 5. The maximum Gasteiger partial charge on any atom is 0.149 e. The van der Waals surface area contributed by atoms with E-state index in [0.29, 0.717) is 0 Å². The number of hydrogen-bond acceptors (Lipinski definition) is 2. The Morgan fingerprint density at radius 3 is 2.56 bits per heavy atom. The summed E-state index contributed by atoms with van der Waals surface area (Å²) in [7, 11) is 0. The Bertz CT molecular complexity index is 818. The predicted molar refractivity (Wildman–Crippen MR) is 103 cm³/mol. The van der Waals surface area contributed by atoms with Gasteiger partial charge in [-0.15, -0.1) is 0 Å². The summed E-state index contributed by atoms with van der Waals surface area (Å²) in [6.45, 7) is 5.36. The van der Waals surface area contributed by atoms with Crippen LogP contribution in [-0.2, 0) is 6.54 Å². The molecule has 0 N–H and O–H groups in total. The van der Waals surface area contributed by atoms with Crippen LogP contribution >= 0.6 is 0 Å². The van der Waals surface area contributed by atoms with Crippen LogP contribution in [0.4, 0.5) is 0 Å². The van der Waals surface area contributed by atoms with Gasteiger partial charge in [0.05, 0.1) is 0 Å². The van der Waals surface area contributed by atoms with Crippen molar-refractivity contribution in [2.45, 2.75) is 39.0 Å². The Kier molecular flexibility index (Phi) is 4.75. The van der Waals surface area contributed by atoms with Crippen LogP contribution in [0, 0.1) is 0 Å². The maximum atomic E-state index is 6.21. The van der Waals surface area contributed by atoms with E-state index in [4.69, 9.17) is 4.74 Å². The molecule has 1 saturated heterocycles. The van der Waals surface area contributed by atoms with E-state index in [1.807, 2.05) is 0 Å². The molecule has 1 aromatic heterocycles. The van der Waals surface area contributed by atoms with Crippen molar-refractivity contribution in [3.63, 3.8) is 0 Å². The molecule has 2 heterocycles. The van der Waals surface area contributed by atoms with Crippen LogP contribution in [0.15, 0.2) is 60.8 Å². The van der Waals surface area contributed by atoms with Crippen molar-refractivity contribution >= 4 is 10.9 Å². The summed E-state index contributed by atoms with van der Waals surface area (Å²) in [6.07, 6.45) is 6.23. The van der Waals surface area contributed by atoms with Gasteiger partial charge in [0.25, 0.3) is 0 Å². The second-order valence-electron chi connectivity index (χ2n) is 6.96. The van der Waals surface area contributed by atoms with Crippen LogP contribution in [-0.4, -0.2) is 28.8 Å². The average molecular weight is 334 g/mol. The third-order valence-corrected chi connectivity index (χ3v) is 5.15. The van der Waals surface area contributed by atoms with Crippen molar-refractivity contribution < 1.29 is 4.74 Å². The molecule has 0 spiro atoms. The molecule has 3 nitrogen and oxygen atoms in total. The molecule has 3 heteroatoms. The Morgan fingerprint density at radius 2 is 1.76 bits per heavy atom. The number of hydrogen-bond donors (Lipinski definition) is 0. The van der Waals surface area contributed by atoms with Gasteiger partial charge in [-0.1, -0.05) is 36.8 Å².